The maximum Gasteiger partial charge on any atom is 0.316 e. The minimum atomic E-state index is 0.332. The SMILES string of the molecule is CCCOc1ncc(NC=O)cn1. The molecule has 1 amide bonds. The van der Waals surface area contributed by atoms with Crippen molar-refractivity contribution in [2.75, 3.05) is 11.9 Å². The van der Waals surface area contributed by atoms with E-state index in [9.17, 15) is 4.79 Å². The average Bonchev–Trinajstić information content (AvgIpc) is 2.17. The van der Waals surface area contributed by atoms with Crippen molar-refractivity contribution in [3.8, 4) is 6.01 Å². The molecule has 0 fully saturated rings. The van der Waals surface area contributed by atoms with Crippen molar-refractivity contribution in [3.63, 3.8) is 0 Å². The zero-order valence-corrected chi connectivity index (χ0v) is 7.36. The Morgan fingerprint density at radius 2 is 2.23 bits per heavy atom. The minimum Gasteiger partial charge on any atom is -0.463 e. The van der Waals surface area contributed by atoms with Crippen LogP contribution in [0.15, 0.2) is 12.4 Å². The molecule has 5 nitrogen and oxygen atoms in total. The number of hydrogen-bond acceptors (Lipinski definition) is 4. The van der Waals surface area contributed by atoms with E-state index >= 15 is 0 Å². The highest BCUT2D eigenvalue weighted by molar-refractivity contribution is 5.69. The molecule has 0 aromatic carbocycles. The van der Waals surface area contributed by atoms with Gasteiger partial charge in [-0.25, -0.2) is 9.97 Å². The van der Waals surface area contributed by atoms with Crippen molar-refractivity contribution in [2.24, 2.45) is 0 Å². The van der Waals surface area contributed by atoms with Crippen LogP contribution in [0.2, 0.25) is 0 Å². The fourth-order valence-corrected chi connectivity index (χ4v) is 0.727. The van der Waals surface area contributed by atoms with Gasteiger partial charge in [0.1, 0.15) is 0 Å². The van der Waals surface area contributed by atoms with Crippen LogP contribution in [-0.2, 0) is 4.79 Å². The zero-order chi connectivity index (χ0) is 9.52. The quantitative estimate of drug-likeness (QED) is 0.683. The summed E-state index contributed by atoms with van der Waals surface area (Å²) in [5, 5.41) is 2.43. The lowest BCUT2D eigenvalue weighted by Crippen LogP contribution is -2.01. The molecule has 1 heterocycles. The highest BCUT2D eigenvalue weighted by atomic mass is 16.5. The number of carbonyl (C=O) groups excluding carboxylic acids is 1. The van der Waals surface area contributed by atoms with Crippen LogP contribution in [0.1, 0.15) is 13.3 Å². The predicted molar refractivity (Wildman–Crippen MR) is 47.5 cm³/mol. The lowest BCUT2D eigenvalue weighted by Gasteiger charge is -2.01. The maximum absolute atomic E-state index is 10.0. The Balaban J connectivity index is 2.53. The van der Waals surface area contributed by atoms with Gasteiger partial charge in [0.25, 0.3) is 0 Å². The molecular formula is C8H11N3O2. The van der Waals surface area contributed by atoms with Crippen LogP contribution in [-0.4, -0.2) is 23.0 Å². The van der Waals surface area contributed by atoms with E-state index in [0.29, 0.717) is 24.7 Å². The van der Waals surface area contributed by atoms with Crippen molar-refractivity contribution in [1.82, 2.24) is 9.97 Å². The highest BCUT2D eigenvalue weighted by Gasteiger charge is 1.96. The molecule has 0 aliphatic rings. The molecule has 0 unspecified atom stereocenters. The largest absolute Gasteiger partial charge is 0.463 e. The van der Waals surface area contributed by atoms with Crippen LogP contribution in [0.25, 0.3) is 0 Å². The van der Waals surface area contributed by atoms with Crippen LogP contribution in [0.3, 0.4) is 0 Å². The first-order valence-corrected chi connectivity index (χ1v) is 4.02. The molecule has 0 spiro atoms. The molecular weight excluding hydrogens is 170 g/mol. The molecule has 0 aliphatic heterocycles. The summed E-state index contributed by atoms with van der Waals surface area (Å²) in [7, 11) is 0. The standard InChI is InChI=1S/C8H11N3O2/c1-2-3-13-8-9-4-7(5-10-8)11-6-12/h4-6H,2-3H2,1H3,(H,11,12). The fraction of sp³-hybridized carbons (Fsp3) is 0.375. The molecule has 0 bridgehead atoms. The number of amides is 1. The van der Waals surface area contributed by atoms with Gasteiger partial charge in [-0.05, 0) is 6.42 Å². The van der Waals surface area contributed by atoms with Crippen LogP contribution >= 0.6 is 0 Å². The van der Waals surface area contributed by atoms with E-state index in [1.165, 1.54) is 12.4 Å². The van der Waals surface area contributed by atoms with E-state index in [4.69, 9.17) is 4.74 Å². The number of hydrogen-bond donors (Lipinski definition) is 1. The third-order valence-electron chi connectivity index (χ3n) is 1.29. The third kappa shape index (κ3) is 3.06. The summed E-state index contributed by atoms with van der Waals surface area (Å²) in [5.41, 5.74) is 0.554. The number of nitrogens with one attached hydrogen (secondary N) is 1. The lowest BCUT2D eigenvalue weighted by molar-refractivity contribution is -0.105. The summed E-state index contributed by atoms with van der Waals surface area (Å²) in [5.74, 6) is 0. The second-order valence-corrected chi connectivity index (χ2v) is 2.36. The molecule has 1 rings (SSSR count). The number of nitrogens with zero attached hydrogens (tertiary/aromatic N) is 2. The summed E-state index contributed by atoms with van der Waals surface area (Å²) in [4.78, 5) is 17.8. The monoisotopic (exact) mass is 181 g/mol. The van der Waals surface area contributed by atoms with Crippen LogP contribution in [0.4, 0.5) is 5.69 Å². The van der Waals surface area contributed by atoms with Crippen LogP contribution in [0.5, 0.6) is 6.01 Å². The summed E-state index contributed by atoms with van der Waals surface area (Å²) in [6.45, 7) is 2.60. The summed E-state index contributed by atoms with van der Waals surface area (Å²) < 4.78 is 5.15. The predicted octanol–water partition coefficient (Wildman–Crippen LogP) is 0.834. The van der Waals surface area contributed by atoms with Gasteiger partial charge in [-0.1, -0.05) is 6.92 Å². The number of aromatic nitrogens is 2. The normalized spacial score (nSPS) is 9.31. The molecule has 13 heavy (non-hydrogen) atoms. The van der Waals surface area contributed by atoms with Crippen molar-refractivity contribution in [2.45, 2.75) is 13.3 Å². The van der Waals surface area contributed by atoms with Gasteiger partial charge in [0.05, 0.1) is 24.7 Å². The van der Waals surface area contributed by atoms with E-state index < -0.39 is 0 Å². The van der Waals surface area contributed by atoms with Crippen molar-refractivity contribution in [1.29, 1.82) is 0 Å². The second-order valence-electron chi connectivity index (χ2n) is 2.36. The molecule has 1 aromatic rings. The molecule has 70 valence electrons. The Bertz CT molecular complexity index is 261. The van der Waals surface area contributed by atoms with Gasteiger partial charge in [0.2, 0.25) is 6.41 Å². The molecule has 0 saturated heterocycles. The van der Waals surface area contributed by atoms with E-state index in [2.05, 4.69) is 15.3 Å². The summed E-state index contributed by atoms with van der Waals surface area (Å²) >= 11 is 0. The Labute approximate surface area is 76.2 Å². The van der Waals surface area contributed by atoms with Gasteiger partial charge < -0.3 is 10.1 Å². The van der Waals surface area contributed by atoms with Gasteiger partial charge in [0.15, 0.2) is 0 Å². The van der Waals surface area contributed by atoms with Gasteiger partial charge in [0, 0.05) is 0 Å². The van der Waals surface area contributed by atoms with E-state index in [0.717, 1.165) is 6.42 Å². The van der Waals surface area contributed by atoms with Crippen LogP contribution in [0, 0.1) is 0 Å². The fourth-order valence-electron chi connectivity index (χ4n) is 0.727. The molecule has 0 radical (unpaired) electrons. The second kappa shape index (κ2) is 5.08. The zero-order valence-electron chi connectivity index (χ0n) is 7.36. The number of carbonyl (C=O) groups is 1. The van der Waals surface area contributed by atoms with Crippen molar-refractivity contribution in [3.05, 3.63) is 12.4 Å². The van der Waals surface area contributed by atoms with E-state index in [1.807, 2.05) is 6.92 Å². The Kier molecular flexibility index (Phi) is 3.69. The Morgan fingerprint density at radius 3 is 2.77 bits per heavy atom. The van der Waals surface area contributed by atoms with Gasteiger partial charge in [-0.3, -0.25) is 4.79 Å². The van der Waals surface area contributed by atoms with Gasteiger partial charge in [-0.2, -0.15) is 0 Å². The first kappa shape index (κ1) is 9.44. The molecule has 0 aliphatic carbocycles. The molecule has 1 N–H and O–H groups in total. The lowest BCUT2D eigenvalue weighted by atomic mass is 10.5. The molecule has 0 saturated carbocycles. The average molecular weight is 181 g/mol. The smallest absolute Gasteiger partial charge is 0.316 e. The summed E-state index contributed by atoms with van der Waals surface area (Å²) in [6, 6.07) is 0.332. The van der Waals surface area contributed by atoms with Gasteiger partial charge >= 0.3 is 6.01 Å². The highest BCUT2D eigenvalue weighted by Crippen LogP contribution is 2.05. The first-order valence-electron chi connectivity index (χ1n) is 4.02. The number of rotatable bonds is 5. The topological polar surface area (TPSA) is 64.1 Å². The molecule has 0 atom stereocenters. The van der Waals surface area contributed by atoms with E-state index in [1.54, 1.807) is 0 Å². The molecule has 5 heteroatoms. The minimum absolute atomic E-state index is 0.332. The number of ether oxygens (including phenoxy) is 1. The third-order valence-corrected chi connectivity index (χ3v) is 1.29. The number of anilines is 1. The molecule has 1 aromatic heterocycles. The first-order chi connectivity index (χ1) is 6.36. The van der Waals surface area contributed by atoms with Crippen LogP contribution < -0.4 is 10.1 Å². The Hall–Kier alpha value is -1.65. The van der Waals surface area contributed by atoms with E-state index in [-0.39, 0.29) is 0 Å². The van der Waals surface area contributed by atoms with Gasteiger partial charge in [-0.15, -0.1) is 0 Å². The van der Waals surface area contributed by atoms with Crippen molar-refractivity contribution < 1.29 is 9.53 Å². The van der Waals surface area contributed by atoms with Crippen molar-refractivity contribution >= 4 is 12.1 Å². The Morgan fingerprint density at radius 1 is 1.54 bits per heavy atom. The summed E-state index contributed by atoms with van der Waals surface area (Å²) in [6.07, 6.45) is 4.47. The maximum atomic E-state index is 10.0.